The van der Waals surface area contributed by atoms with E-state index in [0.717, 1.165) is 23.5 Å². The van der Waals surface area contributed by atoms with Crippen LogP contribution in [-0.4, -0.2) is 18.5 Å². The molecule has 0 amide bonds. The highest BCUT2D eigenvalue weighted by Gasteiger charge is 2.26. The Hall–Kier alpha value is -0.680. The molecule has 1 aromatic carbocycles. The molecule has 1 aromatic rings. The SMILES string of the molecule is CCNCc1ccc(SCCC(F)(F)F)cc1. The van der Waals surface area contributed by atoms with Gasteiger partial charge in [-0.25, -0.2) is 0 Å². The first-order chi connectivity index (χ1) is 8.01. The molecule has 0 saturated heterocycles. The lowest BCUT2D eigenvalue weighted by Gasteiger charge is -2.06. The zero-order valence-corrected chi connectivity index (χ0v) is 10.5. The van der Waals surface area contributed by atoms with Crippen molar-refractivity contribution in [3.63, 3.8) is 0 Å². The molecule has 0 aliphatic carbocycles. The first-order valence-corrected chi connectivity index (χ1v) is 6.49. The molecule has 0 bridgehead atoms. The van der Waals surface area contributed by atoms with Gasteiger partial charge < -0.3 is 5.32 Å². The summed E-state index contributed by atoms with van der Waals surface area (Å²) in [5.74, 6) is 0.0794. The molecule has 0 aromatic heterocycles. The van der Waals surface area contributed by atoms with E-state index in [4.69, 9.17) is 0 Å². The third kappa shape index (κ3) is 6.58. The molecule has 1 N–H and O–H groups in total. The minimum Gasteiger partial charge on any atom is -0.313 e. The quantitative estimate of drug-likeness (QED) is 0.783. The lowest BCUT2D eigenvalue weighted by molar-refractivity contribution is -0.129. The number of hydrogen-bond donors (Lipinski definition) is 1. The van der Waals surface area contributed by atoms with Gasteiger partial charge in [0, 0.05) is 17.2 Å². The molecule has 0 heterocycles. The molecule has 0 fully saturated rings. The highest BCUT2D eigenvalue weighted by molar-refractivity contribution is 7.99. The van der Waals surface area contributed by atoms with E-state index >= 15 is 0 Å². The van der Waals surface area contributed by atoms with E-state index in [1.54, 1.807) is 0 Å². The molecule has 0 spiro atoms. The largest absolute Gasteiger partial charge is 0.389 e. The van der Waals surface area contributed by atoms with Gasteiger partial charge in [0.1, 0.15) is 0 Å². The first kappa shape index (κ1) is 14.4. The molecule has 17 heavy (non-hydrogen) atoms. The number of benzene rings is 1. The summed E-state index contributed by atoms with van der Waals surface area (Å²) in [5, 5.41) is 3.19. The molecule has 0 atom stereocenters. The smallest absolute Gasteiger partial charge is 0.313 e. The van der Waals surface area contributed by atoms with Gasteiger partial charge in [-0.05, 0) is 24.2 Å². The van der Waals surface area contributed by atoms with Crippen LogP contribution in [0.2, 0.25) is 0 Å². The molecule has 0 unspecified atom stereocenters. The normalized spacial score (nSPS) is 11.8. The lowest BCUT2D eigenvalue weighted by atomic mass is 10.2. The third-order valence-corrected chi connectivity index (χ3v) is 3.17. The van der Waals surface area contributed by atoms with E-state index in [9.17, 15) is 13.2 Å². The van der Waals surface area contributed by atoms with Crippen molar-refractivity contribution in [3.8, 4) is 0 Å². The fourth-order valence-electron chi connectivity index (χ4n) is 1.26. The monoisotopic (exact) mass is 263 g/mol. The van der Waals surface area contributed by atoms with Crippen molar-refractivity contribution in [3.05, 3.63) is 29.8 Å². The van der Waals surface area contributed by atoms with Crippen LogP contribution in [0.4, 0.5) is 13.2 Å². The Morgan fingerprint density at radius 3 is 2.35 bits per heavy atom. The van der Waals surface area contributed by atoms with Gasteiger partial charge in [-0.3, -0.25) is 0 Å². The minimum absolute atomic E-state index is 0.0794. The highest BCUT2D eigenvalue weighted by atomic mass is 32.2. The van der Waals surface area contributed by atoms with Crippen molar-refractivity contribution in [2.45, 2.75) is 31.0 Å². The predicted molar refractivity (Wildman–Crippen MR) is 65.2 cm³/mol. The van der Waals surface area contributed by atoms with Crippen LogP contribution in [-0.2, 0) is 6.54 Å². The second-order valence-corrected chi connectivity index (χ2v) is 4.81. The van der Waals surface area contributed by atoms with E-state index in [-0.39, 0.29) is 5.75 Å². The zero-order valence-electron chi connectivity index (χ0n) is 9.68. The topological polar surface area (TPSA) is 12.0 Å². The molecular formula is C12H16F3NS. The van der Waals surface area contributed by atoms with Crippen molar-refractivity contribution in [2.24, 2.45) is 0 Å². The van der Waals surface area contributed by atoms with E-state index < -0.39 is 12.6 Å². The summed E-state index contributed by atoms with van der Waals surface area (Å²) < 4.78 is 35.8. The first-order valence-electron chi connectivity index (χ1n) is 5.50. The van der Waals surface area contributed by atoms with Crippen LogP contribution in [0.25, 0.3) is 0 Å². The molecule has 1 nitrogen and oxygen atoms in total. The van der Waals surface area contributed by atoms with Gasteiger partial charge in [-0.2, -0.15) is 13.2 Å². The van der Waals surface area contributed by atoms with Crippen LogP contribution in [0.1, 0.15) is 18.9 Å². The summed E-state index contributed by atoms with van der Waals surface area (Å²) in [6, 6.07) is 7.62. The van der Waals surface area contributed by atoms with Crippen molar-refractivity contribution in [2.75, 3.05) is 12.3 Å². The fourth-order valence-corrected chi connectivity index (χ4v) is 2.16. The number of nitrogens with one attached hydrogen (secondary N) is 1. The summed E-state index contributed by atoms with van der Waals surface area (Å²) in [6.45, 7) is 3.73. The van der Waals surface area contributed by atoms with Crippen LogP contribution in [0, 0.1) is 0 Å². The van der Waals surface area contributed by atoms with Crippen molar-refractivity contribution in [1.29, 1.82) is 0 Å². The van der Waals surface area contributed by atoms with E-state index in [2.05, 4.69) is 5.32 Å². The standard InChI is InChI=1S/C12H16F3NS/c1-2-16-9-10-3-5-11(6-4-10)17-8-7-12(13,14)15/h3-6,16H,2,7-9H2,1H3. The van der Waals surface area contributed by atoms with Crippen LogP contribution >= 0.6 is 11.8 Å². The number of thioether (sulfide) groups is 1. The molecule has 0 radical (unpaired) electrons. The van der Waals surface area contributed by atoms with Crippen LogP contribution in [0.15, 0.2) is 29.2 Å². The van der Waals surface area contributed by atoms with Gasteiger partial charge in [0.15, 0.2) is 0 Å². The summed E-state index contributed by atoms with van der Waals surface area (Å²) in [5.41, 5.74) is 1.15. The Labute approximate surface area is 104 Å². The van der Waals surface area contributed by atoms with Crippen molar-refractivity contribution < 1.29 is 13.2 Å². The molecule has 5 heteroatoms. The fraction of sp³-hybridized carbons (Fsp3) is 0.500. The number of hydrogen-bond acceptors (Lipinski definition) is 2. The highest BCUT2D eigenvalue weighted by Crippen LogP contribution is 2.26. The van der Waals surface area contributed by atoms with Crippen LogP contribution in [0.5, 0.6) is 0 Å². The Morgan fingerprint density at radius 2 is 1.82 bits per heavy atom. The molecule has 0 saturated carbocycles. The third-order valence-electron chi connectivity index (χ3n) is 2.16. The van der Waals surface area contributed by atoms with Gasteiger partial charge in [0.2, 0.25) is 0 Å². The maximum Gasteiger partial charge on any atom is 0.389 e. The van der Waals surface area contributed by atoms with E-state index in [1.807, 2.05) is 31.2 Å². The number of halogens is 3. The Bertz CT molecular complexity index is 322. The maximum atomic E-state index is 11.9. The molecular weight excluding hydrogens is 247 g/mol. The second-order valence-electron chi connectivity index (χ2n) is 3.64. The summed E-state index contributed by atoms with van der Waals surface area (Å²) >= 11 is 1.24. The summed E-state index contributed by atoms with van der Waals surface area (Å²) in [7, 11) is 0. The predicted octanol–water partition coefficient (Wildman–Crippen LogP) is 3.84. The number of rotatable bonds is 6. The zero-order chi connectivity index (χ0) is 12.7. The molecule has 1 rings (SSSR count). The average Bonchev–Trinajstić information content (AvgIpc) is 2.26. The van der Waals surface area contributed by atoms with E-state index in [1.165, 1.54) is 11.8 Å². The van der Waals surface area contributed by atoms with Crippen LogP contribution < -0.4 is 5.32 Å². The minimum atomic E-state index is -4.06. The summed E-state index contributed by atoms with van der Waals surface area (Å²) in [4.78, 5) is 0.884. The number of alkyl halides is 3. The maximum absolute atomic E-state index is 11.9. The van der Waals surface area contributed by atoms with Gasteiger partial charge in [-0.1, -0.05) is 19.1 Å². The Morgan fingerprint density at radius 1 is 1.18 bits per heavy atom. The Balaban J connectivity index is 2.35. The molecule has 0 aliphatic heterocycles. The van der Waals surface area contributed by atoms with E-state index in [0.29, 0.717) is 0 Å². The van der Waals surface area contributed by atoms with Gasteiger partial charge >= 0.3 is 6.18 Å². The van der Waals surface area contributed by atoms with Crippen molar-refractivity contribution >= 4 is 11.8 Å². The molecule has 96 valence electrons. The van der Waals surface area contributed by atoms with Crippen LogP contribution in [0.3, 0.4) is 0 Å². The lowest BCUT2D eigenvalue weighted by Crippen LogP contribution is -2.11. The average molecular weight is 263 g/mol. The van der Waals surface area contributed by atoms with Gasteiger partial charge in [-0.15, -0.1) is 11.8 Å². The Kier molecular flexibility index (Phi) is 5.85. The van der Waals surface area contributed by atoms with Crippen molar-refractivity contribution in [1.82, 2.24) is 5.32 Å². The second kappa shape index (κ2) is 6.91. The van der Waals surface area contributed by atoms with Gasteiger partial charge in [0.05, 0.1) is 6.42 Å². The molecule has 0 aliphatic rings. The van der Waals surface area contributed by atoms with Gasteiger partial charge in [0.25, 0.3) is 0 Å². The summed E-state index contributed by atoms with van der Waals surface area (Å²) in [6.07, 6.45) is -4.80.